The largest absolute Gasteiger partial charge is 1.00 e. The van der Waals surface area contributed by atoms with E-state index in [0.717, 1.165) is 12.2 Å². The highest BCUT2D eigenvalue weighted by molar-refractivity contribution is 5.95. The van der Waals surface area contributed by atoms with Crippen molar-refractivity contribution in [1.82, 2.24) is 0 Å². The van der Waals surface area contributed by atoms with Crippen LogP contribution in [0, 0.1) is 0 Å². The van der Waals surface area contributed by atoms with Gasteiger partial charge in [0.15, 0.2) is 12.4 Å². The third kappa shape index (κ3) is 4.97. The summed E-state index contributed by atoms with van der Waals surface area (Å²) in [5.74, 6) is 0.895. The first kappa shape index (κ1) is 17.4. The van der Waals surface area contributed by atoms with E-state index in [4.69, 9.17) is 4.74 Å². The van der Waals surface area contributed by atoms with Gasteiger partial charge in [0, 0.05) is 17.7 Å². The number of nitrogens with zero attached hydrogens (tertiary/aromatic N) is 1. The summed E-state index contributed by atoms with van der Waals surface area (Å²) in [5, 5.41) is 0. The molecule has 2 rings (SSSR count). The second kappa shape index (κ2) is 8.57. The minimum absolute atomic E-state index is 0. The number of pyridine rings is 1. The fourth-order valence-electron chi connectivity index (χ4n) is 1.99. The van der Waals surface area contributed by atoms with E-state index in [-0.39, 0.29) is 22.8 Å². The van der Waals surface area contributed by atoms with Crippen molar-refractivity contribution in [2.75, 3.05) is 6.61 Å². The molecule has 1 aromatic heterocycles. The summed E-state index contributed by atoms with van der Waals surface area (Å²) in [6.45, 7) is 5.05. The Kier molecular flexibility index (Phi) is 7.09. The predicted octanol–water partition coefficient (Wildman–Crippen LogP) is -0.178. The average Bonchev–Trinajstić information content (AvgIpc) is 2.49. The molecule has 4 heteroatoms. The average molecular weight is 350 g/mol. The first-order chi connectivity index (χ1) is 9.72. The number of hydrogen-bond acceptors (Lipinski definition) is 2. The lowest BCUT2D eigenvalue weighted by Crippen LogP contribution is -3.00. The number of carbonyl (C=O) groups excluding carboxylic acids is 1. The van der Waals surface area contributed by atoms with E-state index >= 15 is 0 Å². The normalized spacial score (nSPS) is 9.81. The van der Waals surface area contributed by atoms with E-state index in [1.807, 2.05) is 60.3 Å². The van der Waals surface area contributed by atoms with Gasteiger partial charge >= 0.3 is 0 Å². The van der Waals surface area contributed by atoms with Crippen LogP contribution in [0.5, 0.6) is 5.75 Å². The number of aryl methyl sites for hydroxylation is 1. The lowest BCUT2D eigenvalue weighted by atomic mass is 10.1. The van der Waals surface area contributed by atoms with Crippen LogP contribution in [0.25, 0.3) is 0 Å². The third-order valence-electron chi connectivity index (χ3n) is 3.18. The molecule has 2 aromatic rings. The Hall–Kier alpha value is -1.68. The fraction of sp³-hybridized carbons (Fsp3) is 0.294. The zero-order valence-corrected chi connectivity index (χ0v) is 14.0. The van der Waals surface area contributed by atoms with Crippen LogP contribution in [0.1, 0.15) is 29.8 Å². The van der Waals surface area contributed by atoms with Gasteiger partial charge in [-0.2, -0.15) is 4.57 Å². The van der Waals surface area contributed by atoms with Gasteiger partial charge in [-0.25, -0.2) is 0 Å². The maximum atomic E-state index is 12.2. The molecule has 0 spiro atoms. The predicted molar refractivity (Wildman–Crippen MR) is 78.0 cm³/mol. The van der Waals surface area contributed by atoms with Gasteiger partial charge in [-0.15, -0.1) is 0 Å². The van der Waals surface area contributed by atoms with E-state index in [0.29, 0.717) is 18.7 Å². The molecule has 1 heterocycles. The minimum Gasteiger partial charge on any atom is -1.00 e. The first-order valence-corrected chi connectivity index (χ1v) is 6.97. The number of aromatic nitrogens is 1. The quantitative estimate of drug-likeness (QED) is 0.535. The Morgan fingerprint density at radius 1 is 1.05 bits per heavy atom. The van der Waals surface area contributed by atoms with Crippen molar-refractivity contribution < 1.29 is 31.1 Å². The number of carbonyl (C=O) groups is 1. The number of benzene rings is 1. The highest BCUT2D eigenvalue weighted by atomic mass is 79.9. The molecule has 0 aliphatic heterocycles. The second-order valence-corrected chi connectivity index (χ2v) is 4.61. The summed E-state index contributed by atoms with van der Waals surface area (Å²) in [7, 11) is 0. The summed E-state index contributed by atoms with van der Waals surface area (Å²) in [6.07, 6.45) is 4.91. The van der Waals surface area contributed by atoms with Gasteiger partial charge < -0.3 is 21.7 Å². The van der Waals surface area contributed by atoms with Crippen LogP contribution >= 0.6 is 0 Å². The standard InChI is InChI=1S/C17H20NO2.BrH/c1-3-14-9-11-18(12-10-14)13-17(19)15-5-7-16(8-6-15)20-4-2;/h5-12H,3-4,13H2,1-2H3;1H/q+1;/p-1. The molecule has 0 aliphatic carbocycles. The summed E-state index contributed by atoms with van der Waals surface area (Å²) in [4.78, 5) is 12.2. The van der Waals surface area contributed by atoms with Gasteiger partial charge in [0.1, 0.15) is 5.75 Å². The number of hydrogen-bond donors (Lipinski definition) is 0. The molecule has 0 aliphatic rings. The summed E-state index contributed by atoms with van der Waals surface area (Å²) >= 11 is 0. The van der Waals surface area contributed by atoms with E-state index in [1.165, 1.54) is 5.56 Å². The van der Waals surface area contributed by atoms with Crippen LogP contribution < -0.4 is 26.3 Å². The minimum atomic E-state index is 0. The van der Waals surface area contributed by atoms with Crippen molar-refractivity contribution >= 4 is 5.78 Å². The zero-order valence-electron chi connectivity index (χ0n) is 12.4. The summed E-state index contributed by atoms with van der Waals surface area (Å²) in [6, 6.07) is 11.4. The van der Waals surface area contributed by atoms with Crippen molar-refractivity contribution in [3.8, 4) is 5.75 Å². The van der Waals surface area contributed by atoms with Crippen molar-refractivity contribution in [1.29, 1.82) is 0 Å². The van der Waals surface area contributed by atoms with Crippen molar-refractivity contribution in [2.24, 2.45) is 0 Å². The molecule has 0 radical (unpaired) electrons. The topological polar surface area (TPSA) is 30.2 Å². The molecule has 0 bridgehead atoms. The van der Waals surface area contributed by atoms with Crippen LogP contribution in [0.4, 0.5) is 0 Å². The van der Waals surface area contributed by atoms with Gasteiger partial charge in [-0.3, -0.25) is 4.79 Å². The second-order valence-electron chi connectivity index (χ2n) is 4.61. The fourth-order valence-corrected chi connectivity index (χ4v) is 1.99. The molecule has 0 fully saturated rings. The van der Waals surface area contributed by atoms with Gasteiger partial charge in [0.05, 0.1) is 6.61 Å². The molecule has 0 N–H and O–H groups in total. The van der Waals surface area contributed by atoms with Crippen molar-refractivity contribution in [2.45, 2.75) is 26.8 Å². The Morgan fingerprint density at radius 2 is 1.67 bits per heavy atom. The number of ether oxygens (including phenoxy) is 1. The van der Waals surface area contributed by atoms with Gasteiger partial charge in [0.2, 0.25) is 12.3 Å². The third-order valence-corrected chi connectivity index (χ3v) is 3.18. The van der Waals surface area contributed by atoms with Crippen LogP contribution in [0.3, 0.4) is 0 Å². The highest BCUT2D eigenvalue weighted by Crippen LogP contribution is 2.12. The summed E-state index contributed by atoms with van der Waals surface area (Å²) < 4.78 is 7.27. The monoisotopic (exact) mass is 349 g/mol. The van der Waals surface area contributed by atoms with E-state index in [2.05, 4.69) is 6.92 Å². The lowest BCUT2D eigenvalue weighted by Gasteiger charge is -2.03. The molecular formula is C17H20BrNO2. The van der Waals surface area contributed by atoms with Crippen LogP contribution in [-0.4, -0.2) is 12.4 Å². The number of halogens is 1. The van der Waals surface area contributed by atoms with Crippen molar-refractivity contribution in [3.05, 3.63) is 59.9 Å². The van der Waals surface area contributed by atoms with E-state index < -0.39 is 0 Å². The smallest absolute Gasteiger partial charge is 0.227 e. The molecule has 0 atom stereocenters. The van der Waals surface area contributed by atoms with Gasteiger partial charge in [-0.1, -0.05) is 6.92 Å². The molecule has 112 valence electrons. The molecule has 0 saturated carbocycles. The molecule has 0 amide bonds. The molecule has 1 aromatic carbocycles. The molecule has 21 heavy (non-hydrogen) atoms. The Bertz CT molecular complexity index is 564. The van der Waals surface area contributed by atoms with Crippen LogP contribution in [0.2, 0.25) is 0 Å². The van der Waals surface area contributed by atoms with Crippen LogP contribution in [-0.2, 0) is 13.0 Å². The zero-order chi connectivity index (χ0) is 14.4. The molecule has 0 unspecified atom stereocenters. The van der Waals surface area contributed by atoms with Gasteiger partial charge in [0.25, 0.3) is 0 Å². The van der Waals surface area contributed by atoms with Crippen molar-refractivity contribution in [3.63, 3.8) is 0 Å². The summed E-state index contributed by atoms with van der Waals surface area (Å²) in [5.41, 5.74) is 1.98. The number of rotatable bonds is 6. The maximum Gasteiger partial charge on any atom is 0.227 e. The molecular weight excluding hydrogens is 330 g/mol. The maximum absolute atomic E-state index is 12.2. The molecule has 3 nitrogen and oxygen atoms in total. The Balaban J connectivity index is 0.00000220. The number of Topliss-reactive ketones (excluding diaryl/α,β-unsaturated/α-hetero) is 1. The Morgan fingerprint density at radius 3 is 2.19 bits per heavy atom. The van der Waals surface area contributed by atoms with E-state index in [1.54, 1.807) is 0 Å². The number of ketones is 1. The van der Waals surface area contributed by atoms with Crippen LogP contribution in [0.15, 0.2) is 48.8 Å². The SMILES string of the molecule is CCOc1ccc(C(=O)C[n+]2ccc(CC)cc2)cc1.[Br-]. The first-order valence-electron chi connectivity index (χ1n) is 6.97. The molecule has 0 saturated heterocycles. The Labute approximate surface area is 136 Å². The lowest BCUT2D eigenvalue weighted by molar-refractivity contribution is -0.683. The highest BCUT2D eigenvalue weighted by Gasteiger charge is 2.11. The van der Waals surface area contributed by atoms with Gasteiger partial charge in [-0.05, 0) is 43.2 Å². The van der Waals surface area contributed by atoms with E-state index in [9.17, 15) is 4.79 Å².